The Balaban J connectivity index is 1.88. The Kier molecular flexibility index (Phi) is 6.95. The van der Waals surface area contributed by atoms with Crippen LogP contribution in [0.15, 0.2) is 24.4 Å². The van der Waals surface area contributed by atoms with E-state index in [0.717, 1.165) is 12.8 Å². The molecule has 160 valence electrons. The highest BCUT2D eigenvalue weighted by Gasteiger charge is 2.19. The van der Waals surface area contributed by atoms with E-state index in [1.165, 1.54) is 12.3 Å². The van der Waals surface area contributed by atoms with Gasteiger partial charge in [0.15, 0.2) is 5.65 Å². The number of amides is 1. The fraction of sp³-hybridized carbons (Fsp3) is 0.368. The fourth-order valence-corrected chi connectivity index (χ4v) is 4.44. The molecule has 0 spiro atoms. The molecule has 0 saturated heterocycles. The summed E-state index contributed by atoms with van der Waals surface area (Å²) in [4.78, 5) is 25.5. The number of unbranched alkanes of at least 4 members (excludes halogenated alkanes) is 2. The fourth-order valence-electron chi connectivity index (χ4n) is 2.93. The van der Waals surface area contributed by atoms with Crippen LogP contribution in [0.2, 0.25) is 10.0 Å². The maximum absolute atomic E-state index is 12.5. The van der Waals surface area contributed by atoms with Gasteiger partial charge in [0.25, 0.3) is 5.91 Å². The first-order chi connectivity index (χ1) is 14.2. The summed E-state index contributed by atoms with van der Waals surface area (Å²) in [6, 6.07) is 4.67. The van der Waals surface area contributed by atoms with Crippen molar-refractivity contribution in [3.8, 4) is 0 Å². The lowest BCUT2D eigenvalue weighted by Gasteiger charge is -2.09. The van der Waals surface area contributed by atoms with Crippen LogP contribution in [-0.2, 0) is 16.6 Å². The topological polar surface area (TPSA) is 107 Å². The summed E-state index contributed by atoms with van der Waals surface area (Å²) in [6.07, 6.45) is 3.65. The Morgan fingerprint density at radius 2 is 1.97 bits per heavy atom. The van der Waals surface area contributed by atoms with Crippen molar-refractivity contribution < 1.29 is 13.2 Å². The van der Waals surface area contributed by atoms with Gasteiger partial charge in [-0.1, -0.05) is 43.0 Å². The minimum absolute atomic E-state index is 0.0159. The van der Waals surface area contributed by atoms with Crippen LogP contribution in [0.4, 0.5) is 0 Å². The largest absolute Gasteiger partial charge is 0.307 e. The molecule has 0 unspecified atom stereocenters. The van der Waals surface area contributed by atoms with E-state index >= 15 is 0 Å². The van der Waals surface area contributed by atoms with Gasteiger partial charge in [-0.25, -0.2) is 23.1 Å². The molecule has 0 aliphatic rings. The Morgan fingerprint density at radius 1 is 1.20 bits per heavy atom. The summed E-state index contributed by atoms with van der Waals surface area (Å²) in [5.74, 6) is -0.233. The van der Waals surface area contributed by atoms with Crippen LogP contribution >= 0.6 is 23.2 Å². The molecule has 3 heterocycles. The van der Waals surface area contributed by atoms with Crippen LogP contribution in [0.1, 0.15) is 48.2 Å². The minimum Gasteiger partial charge on any atom is -0.307 e. The molecule has 30 heavy (non-hydrogen) atoms. The van der Waals surface area contributed by atoms with Gasteiger partial charge in [0.1, 0.15) is 17.0 Å². The van der Waals surface area contributed by atoms with E-state index in [4.69, 9.17) is 23.2 Å². The van der Waals surface area contributed by atoms with Crippen molar-refractivity contribution in [2.45, 2.75) is 39.7 Å². The first kappa shape index (κ1) is 22.5. The maximum Gasteiger partial charge on any atom is 0.283 e. The molecule has 3 rings (SSSR count). The van der Waals surface area contributed by atoms with Crippen molar-refractivity contribution in [3.63, 3.8) is 0 Å². The summed E-state index contributed by atoms with van der Waals surface area (Å²) in [6.45, 7) is 4.04. The van der Waals surface area contributed by atoms with Crippen molar-refractivity contribution in [1.29, 1.82) is 0 Å². The van der Waals surface area contributed by atoms with Crippen molar-refractivity contribution >= 4 is 50.3 Å². The number of hydrogen-bond donors (Lipinski definition) is 1. The predicted octanol–water partition coefficient (Wildman–Crippen LogP) is 3.74. The summed E-state index contributed by atoms with van der Waals surface area (Å²) >= 11 is 12.1. The standard InChI is InChI=1S/C19H21Cl2N5O3S/c1-3-4-5-8-30(28,29)25-19(27)16-7-6-15-18(24-16)26(12(2)23-15)11-17-14(21)9-13(20)10-22-17/h6-7,9-10H,3-5,8,11H2,1-2H3,(H,25,27). The zero-order valence-electron chi connectivity index (χ0n) is 16.5. The molecule has 8 nitrogen and oxygen atoms in total. The van der Waals surface area contributed by atoms with Gasteiger partial charge in [-0.3, -0.25) is 9.78 Å². The number of rotatable bonds is 8. The van der Waals surface area contributed by atoms with E-state index in [0.29, 0.717) is 39.1 Å². The number of aromatic nitrogens is 4. The van der Waals surface area contributed by atoms with Crippen LogP contribution in [0.5, 0.6) is 0 Å². The zero-order valence-corrected chi connectivity index (χ0v) is 18.9. The summed E-state index contributed by atoms with van der Waals surface area (Å²) in [7, 11) is -3.72. The second-order valence-electron chi connectivity index (χ2n) is 6.82. The summed E-state index contributed by atoms with van der Waals surface area (Å²) in [5.41, 5.74) is 1.55. The molecule has 0 radical (unpaired) electrons. The summed E-state index contributed by atoms with van der Waals surface area (Å²) < 4.78 is 28.1. The molecule has 0 bridgehead atoms. The smallest absolute Gasteiger partial charge is 0.283 e. The van der Waals surface area contributed by atoms with Gasteiger partial charge >= 0.3 is 0 Å². The van der Waals surface area contributed by atoms with E-state index in [1.54, 1.807) is 23.6 Å². The van der Waals surface area contributed by atoms with E-state index in [-0.39, 0.29) is 18.0 Å². The first-order valence-corrected chi connectivity index (χ1v) is 11.8. The highest BCUT2D eigenvalue weighted by Crippen LogP contribution is 2.22. The van der Waals surface area contributed by atoms with Crippen molar-refractivity contribution in [2.24, 2.45) is 0 Å². The average molecular weight is 470 g/mol. The van der Waals surface area contributed by atoms with Gasteiger partial charge in [0, 0.05) is 6.20 Å². The van der Waals surface area contributed by atoms with Gasteiger partial charge in [0.05, 0.1) is 28.0 Å². The molecule has 3 aromatic rings. The molecule has 0 fully saturated rings. The zero-order chi connectivity index (χ0) is 21.9. The van der Waals surface area contributed by atoms with E-state index in [2.05, 4.69) is 19.7 Å². The monoisotopic (exact) mass is 469 g/mol. The maximum atomic E-state index is 12.5. The molecule has 0 aliphatic heterocycles. The third-order valence-corrected chi connectivity index (χ3v) is 6.33. The average Bonchev–Trinajstić information content (AvgIpc) is 2.98. The van der Waals surface area contributed by atoms with Gasteiger partial charge in [-0.05, 0) is 31.5 Å². The SMILES string of the molecule is CCCCCS(=O)(=O)NC(=O)c1ccc2nc(C)n(Cc3ncc(Cl)cc3Cl)c2n1. The Hall–Kier alpha value is -2.23. The second-order valence-corrected chi connectivity index (χ2v) is 9.51. The lowest BCUT2D eigenvalue weighted by molar-refractivity contribution is 0.0977. The normalized spacial score (nSPS) is 11.7. The van der Waals surface area contributed by atoms with Crippen LogP contribution in [0, 0.1) is 6.92 Å². The molecular formula is C19H21Cl2N5O3S. The number of carbonyl (C=O) groups is 1. The molecule has 3 aromatic heterocycles. The third kappa shape index (κ3) is 5.27. The molecule has 0 aliphatic carbocycles. The van der Waals surface area contributed by atoms with E-state index < -0.39 is 15.9 Å². The summed E-state index contributed by atoms with van der Waals surface area (Å²) in [5, 5.41) is 0.823. The minimum atomic E-state index is -3.72. The van der Waals surface area contributed by atoms with Crippen molar-refractivity contribution in [1.82, 2.24) is 24.2 Å². The Morgan fingerprint density at radius 3 is 2.67 bits per heavy atom. The van der Waals surface area contributed by atoms with E-state index in [1.807, 2.05) is 6.92 Å². The number of imidazole rings is 1. The lowest BCUT2D eigenvalue weighted by atomic mass is 10.3. The van der Waals surface area contributed by atoms with Crippen LogP contribution in [0.3, 0.4) is 0 Å². The lowest BCUT2D eigenvalue weighted by Crippen LogP contribution is -2.33. The second kappa shape index (κ2) is 9.28. The molecule has 1 N–H and O–H groups in total. The van der Waals surface area contributed by atoms with Gasteiger partial charge in [0.2, 0.25) is 10.0 Å². The Labute approximate surface area is 184 Å². The van der Waals surface area contributed by atoms with Gasteiger partial charge in [-0.15, -0.1) is 0 Å². The number of nitrogens with zero attached hydrogens (tertiary/aromatic N) is 4. The highest BCUT2D eigenvalue weighted by molar-refractivity contribution is 7.90. The molecular weight excluding hydrogens is 449 g/mol. The number of pyridine rings is 2. The third-order valence-electron chi connectivity index (χ3n) is 4.47. The molecule has 0 atom stereocenters. The number of halogens is 2. The highest BCUT2D eigenvalue weighted by atomic mass is 35.5. The van der Waals surface area contributed by atoms with Crippen molar-refractivity contribution in [2.75, 3.05) is 5.75 Å². The number of carbonyl (C=O) groups excluding carboxylic acids is 1. The first-order valence-electron chi connectivity index (χ1n) is 9.39. The number of nitrogens with one attached hydrogen (secondary N) is 1. The number of aryl methyl sites for hydroxylation is 1. The quantitative estimate of drug-likeness (QED) is 0.503. The number of fused-ring (bicyclic) bond motifs is 1. The van der Waals surface area contributed by atoms with Crippen LogP contribution in [0.25, 0.3) is 11.2 Å². The molecule has 0 aromatic carbocycles. The van der Waals surface area contributed by atoms with Gasteiger partial charge in [-0.2, -0.15) is 0 Å². The van der Waals surface area contributed by atoms with Gasteiger partial charge < -0.3 is 4.57 Å². The van der Waals surface area contributed by atoms with Crippen LogP contribution in [-0.4, -0.2) is 39.6 Å². The number of hydrogen-bond acceptors (Lipinski definition) is 6. The van der Waals surface area contributed by atoms with Crippen molar-refractivity contribution in [3.05, 3.63) is 51.7 Å². The van der Waals surface area contributed by atoms with Crippen LogP contribution < -0.4 is 4.72 Å². The molecule has 11 heteroatoms. The Bertz CT molecular complexity index is 1190. The molecule has 0 saturated carbocycles. The number of sulfonamides is 1. The molecule has 1 amide bonds. The predicted molar refractivity (Wildman–Crippen MR) is 116 cm³/mol. The van der Waals surface area contributed by atoms with E-state index in [9.17, 15) is 13.2 Å².